The summed E-state index contributed by atoms with van der Waals surface area (Å²) in [6.07, 6.45) is 0.723. The number of hydrogen-bond acceptors (Lipinski definition) is 3. The van der Waals surface area contributed by atoms with Crippen LogP contribution in [0.25, 0.3) is 0 Å². The van der Waals surface area contributed by atoms with Crippen LogP contribution in [-0.2, 0) is 11.3 Å². The highest BCUT2D eigenvalue weighted by molar-refractivity contribution is 5.74. The van der Waals surface area contributed by atoms with Gasteiger partial charge in [0.05, 0.1) is 17.2 Å². The van der Waals surface area contributed by atoms with Gasteiger partial charge in [0, 0.05) is 19.7 Å². The molecule has 0 heterocycles. The number of urea groups is 1. The van der Waals surface area contributed by atoms with Crippen LogP contribution in [0.2, 0.25) is 0 Å². The summed E-state index contributed by atoms with van der Waals surface area (Å²) >= 11 is 0. The number of ether oxygens (including phenoxy) is 1. The van der Waals surface area contributed by atoms with Crippen molar-refractivity contribution in [3.63, 3.8) is 0 Å². The third kappa shape index (κ3) is 6.28. The van der Waals surface area contributed by atoms with Gasteiger partial charge >= 0.3 is 6.03 Å². The Morgan fingerprint density at radius 3 is 2.81 bits per heavy atom. The molecule has 1 aromatic carbocycles. The van der Waals surface area contributed by atoms with Crippen LogP contribution in [0.1, 0.15) is 38.3 Å². The highest BCUT2D eigenvalue weighted by Gasteiger charge is 2.21. The van der Waals surface area contributed by atoms with Gasteiger partial charge in [0.1, 0.15) is 0 Å². The first-order valence-electron chi connectivity index (χ1n) is 6.95. The number of methoxy groups -OCH3 is 1. The molecule has 5 nitrogen and oxygen atoms in total. The SMILES string of the molecule is COC(C)(C)C[C@H](C)NC(=O)NCc1cccc(C#N)c1. The Labute approximate surface area is 126 Å². The first-order chi connectivity index (χ1) is 9.86. The van der Waals surface area contributed by atoms with E-state index in [2.05, 4.69) is 16.7 Å². The molecule has 0 radical (unpaired) electrons. The van der Waals surface area contributed by atoms with Crippen molar-refractivity contribution < 1.29 is 9.53 Å². The highest BCUT2D eigenvalue weighted by atomic mass is 16.5. The van der Waals surface area contributed by atoms with Crippen molar-refractivity contribution in [2.45, 2.75) is 45.4 Å². The van der Waals surface area contributed by atoms with Gasteiger partial charge in [-0.25, -0.2) is 4.79 Å². The number of nitrogens with one attached hydrogen (secondary N) is 2. The number of nitrogens with zero attached hydrogens (tertiary/aromatic N) is 1. The van der Waals surface area contributed by atoms with Crippen LogP contribution in [0.15, 0.2) is 24.3 Å². The van der Waals surface area contributed by atoms with Crippen molar-refractivity contribution in [1.82, 2.24) is 10.6 Å². The Hall–Kier alpha value is -2.06. The van der Waals surface area contributed by atoms with Crippen LogP contribution in [0.4, 0.5) is 4.79 Å². The second-order valence-electron chi connectivity index (χ2n) is 5.71. The van der Waals surface area contributed by atoms with Gasteiger partial charge in [-0.3, -0.25) is 0 Å². The Bertz CT molecular complexity index is 520. The molecule has 114 valence electrons. The Balaban J connectivity index is 2.42. The van der Waals surface area contributed by atoms with Gasteiger partial charge in [0.2, 0.25) is 0 Å². The zero-order chi connectivity index (χ0) is 15.9. The molecule has 1 rings (SSSR count). The van der Waals surface area contributed by atoms with E-state index < -0.39 is 0 Å². The number of carbonyl (C=O) groups excluding carboxylic acids is 1. The summed E-state index contributed by atoms with van der Waals surface area (Å²) in [5.41, 5.74) is 1.22. The summed E-state index contributed by atoms with van der Waals surface area (Å²) in [5.74, 6) is 0. The molecule has 5 heteroatoms. The molecule has 2 amide bonds. The smallest absolute Gasteiger partial charge is 0.315 e. The number of benzene rings is 1. The van der Waals surface area contributed by atoms with Crippen molar-refractivity contribution in [1.29, 1.82) is 5.26 Å². The highest BCUT2D eigenvalue weighted by Crippen LogP contribution is 2.15. The predicted molar refractivity (Wildman–Crippen MR) is 81.7 cm³/mol. The molecular formula is C16H23N3O2. The molecule has 0 aromatic heterocycles. The third-order valence-electron chi connectivity index (χ3n) is 3.24. The average molecular weight is 289 g/mol. The lowest BCUT2D eigenvalue weighted by molar-refractivity contribution is 0.00950. The van der Waals surface area contributed by atoms with Gasteiger partial charge in [-0.1, -0.05) is 12.1 Å². The number of rotatable bonds is 6. The molecule has 0 fully saturated rings. The number of amides is 2. The Morgan fingerprint density at radius 2 is 2.19 bits per heavy atom. The second kappa shape index (κ2) is 7.65. The number of nitriles is 1. The molecule has 0 spiro atoms. The first-order valence-corrected chi connectivity index (χ1v) is 6.95. The Kier molecular flexibility index (Phi) is 6.19. The van der Waals surface area contributed by atoms with E-state index in [4.69, 9.17) is 10.00 Å². The fourth-order valence-electron chi connectivity index (χ4n) is 2.08. The molecule has 0 aliphatic carbocycles. The fraction of sp³-hybridized carbons (Fsp3) is 0.500. The number of hydrogen-bond donors (Lipinski definition) is 2. The summed E-state index contributed by atoms with van der Waals surface area (Å²) in [6, 6.07) is 9.03. The minimum atomic E-state index is -0.270. The van der Waals surface area contributed by atoms with E-state index in [1.165, 1.54) is 0 Å². The molecule has 0 saturated heterocycles. The van der Waals surface area contributed by atoms with E-state index in [9.17, 15) is 4.79 Å². The van der Waals surface area contributed by atoms with Crippen molar-refractivity contribution in [2.24, 2.45) is 0 Å². The van der Waals surface area contributed by atoms with Gasteiger partial charge in [-0.15, -0.1) is 0 Å². The maximum atomic E-state index is 11.8. The second-order valence-corrected chi connectivity index (χ2v) is 5.71. The van der Waals surface area contributed by atoms with Gasteiger partial charge in [0.25, 0.3) is 0 Å². The van der Waals surface area contributed by atoms with Crippen molar-refractivity contribution in [2.75, 3.05) is 7.11 Å². The summed E-state index contributed by atoms with van der Waals surface area (Å²) in [4.78, 5) is 11.8. The van der Waals surface area contributed by atoms with Crippen LogP contribution in [-0.4, -0.2) is 24.8 Å². The van der Waals surface area contributed by atoms with E-state index in [1.807, 2.05) is 26.8 Å². The van der Waals surface area contributed by atoms with E-state index in [0.717, 1.165) is 12.0 Å². The monoisotopic (exact) mass is 289 g/mol. The van der Waals surface area contributed by atoms with E-state index in [0.29, 0.717) is 12.1 Å². The predicted octanol–water partition coefficient (Wildman–Crippen LogP) is 2.56. The standard InChI is InChI=1S/C16H23N3O2/c1-12(9-16(2,3)21-4)19-15(20)18-11-14-7-5-6-13(8-14)10-17/h5-8,12H,9,11H2,1-4H3,(H2,18,19,20)/t12-/m0/s1. The van der Waals surface area contributed by atoms with Crippen LogP contribution < -0.4 is 10.6 Å². The molecule has 1 aromatic rings. The molecule has 1 atom stereocenters. The lowest BCUT2D eigenvalue weighted by atomic mass is 10.00. The summed E-state index contributed by atoms with van der Waals surface area (Å²) in [6.45, 7) is 6.30. The van der Waals surface area contributed by atoms with Crippen LogP contribution in [0.3, 0.4) is 0 Å². The molecule has 0 bridgehead atoms. The Morgan fingerprint density at radius 1 is 1.48 bits per heavy atom. The van der Waals surface area contributed by atoms with Crippen LogP contribution in [0, 0.1) is 11.3 Å². The van der Waals surface area contributed by atoms with Crippen LogP contribution in [0.5, 0.6) is 0 Å². The summed E-state index contributed by atoms with van der Waals surface area (Å²) < 4.78 is 5.34. The third-order valence-corrected chi connectivity index (χ3v) is 3.24. The maximum absolute atomic E-state index is 11.8. The van der Waals surface area contributed by atoms with Gasteiger partial charge in [-0.05, 0) is 44.9 Å². The van der Waals surface area contributed by atoms with E-state index >= 15 is 0 Å². The molecule has 0 unspecified atom stereocenters. The molecule has 0 saturated carbocycles. The largest absolute Gasteiger partial charge is 0.379 e. The fourth-order valence-corrected chi connectivity index (χ4v) is 2.08. The summed E-state index contributed by atoms with van der Waals surface area (Å²) in [7, 11) is 1.66. The minimum Gasteiger partial charge on any atom is -0.379 e. The van der Waals surface area contributed by atoms with Crippen molar-refractivity contribution in [3.05, 3.63) is 35.4 Å². The van der Waals surface area contributed by atoms with Gasteiger partial charge < -0.3 is 15.4 Å². The van der Waals surface area contributed by atoms with E-state index in [-0.39, 0.29) is 17.7 Å². The topological polar surface area (TPSA) is 74.2 Å². The minimum absolute atomic E-state index is 0.00499. The number of carbonyl (C=O) groups is 1. The molecule has 21 heavy (non-hydrogen) atoms. The zero-order valence-electron chi connectivity index (χ0n) is 13.1. The van der Waals surface area contributed by atoms with Crippen molar-refractivity contribution >= 4 is 6.03 Å². The van der Waals surface area contributed by atoms with Gasteiger partial charge in [-0.2, -0.15) is 5.26 Å². The molecule has 0 aliphatic rings. The zero-order valence-corrected chi connectivity index (χ0v) is 13.1. The van der Waals surface area contributed by atoms with E-state index in [1.54, 1.807) is 25.3 Å². The normalized spacial score (nSPS) is 12.3. The maximum Gasteiger partial charge on any atom is 0.315 e. The summed E-state index contributed by atoms with van der Waals surface area (Å²) in [5, 5.41) is 14.5. The lowest BCUT2D eigenvalue weighted by Crippen LogP contribution is -2.43. The van der Waals surface area contributed by atoms with Crippen molar-refractivity contribution in [3.8, 4) is 6.07 Å². The molecule has 0 aliphatic heterocycles. The molecular weight excluding hydrogens is 266 g/mol. The average Bonchev–Trinajstić information content (AvgIpc) is 2.44. The van der Waals surface area contributed by atoms with Crippen LogP contribution >= 0.6 is 0 Å². The molecule has 2 N–H and O–H groups in total. The quantitative estimate of drug-likeness (QED) is 0.845. The first kappa shape index (κ1) is 17.0. The lowest BCUT2D eigenvalue weighted by Gasteiger charge is -2.27. The van der Waals surface area contributed by atoms with Gasteiger partial charge in [0.15, 0.2) is 0 Å².